The zero-order valence-electron chi connectivity index (χ0n) is 16.4. The van der Waals surface area contributed by atoms with Gasteiger partial charge in [-0.15, -0.1) is 8.58 Å². The summed E-state index contributed by atoms with van der Waals surface area (Å²) in [6, 6.07) is 0. The molecular weight excluding hydrogens is 319 g/mol. The number of unbranched alkanes of at least 4 members (excludes halogenated alkanes) is 1. The average molecular weight is 359 g/mol. The summed E-state index contributed by atoms with van der Waals surface area (Å²) in [5.74, 6) is 6.92. The predicted octanol–water partition coefficient (Wildman–Crippen LogP) is 6.88. The molecule has 8 aliphatic rings. The van der Waals surface area contributed by atoms with Gasteiger partial charge < -0.3 is 0 Å². The first kappa shape index (κ1) is 16.4. The zero-order valence-corrected chi connectivity index (χ0v) is 17.4. The monoisotopic (exact) mass is 358 g/mol. The van der Waals surface area contributed by atoms with E-state index in [9.17, 15) is 0 Å². The average Bonchev–Trinajstić information content (AvgIpc) is 2.55. The van der Waals surface area contributed by atoms with Crippen LogP contribution in [-0.4, -0.2) is 11.8 Å². The van der Waals surface area contributed by atoms with E-state index in [1.165, 1.54) is 27.1 Å². The van der Waals surface area contributed by atoms with Crippen molar-refractivity contribution in [3.05, 3.63) is 0 Å². The third-order valence-electron chi connectivity index (χ3n) is 10.3. The molecule has 8 fully saturated rings. The fourth-order valence-corrected chi connectivity index (χ4v) is 12.7. The van der Waals surface area contributed by atoms with Crippen LogP contribution in [0, 0.1) is 46.3 Å². The molecule has 1 heteroatoms. The van der Waals surface area contributed by atoms with Gasteiger partial charge in [0.15, 0.2) is 0 Å². The molecule has 0 radical (unpaired) electrons. The van der Waals surface area contributed by atoms with Crippen LogP contribution in [-0.2, 0) is 0 Å². The first-order valence-corrected chi connectivity index (χ1v) is 13.2. The minimum atomic E-state index is 0.835. The van der Waals surface area contributed by atoms with Crippen LogP contribution in [0.15, 0.2) is 0 Å². The van der Waals surface area contributed by atoms with Crippen LogP contribution >= 0.6 is 8.58 Å². The van der Waals surface area contributed by atoms with Gasteiger partial charge in [0.05, 0.1) is 0 Å². The van der Waals surface area contributed by atoms with Crippen LogP contribution in [0.5, 0.6) is 0 Å². The van der Waals surface area contributed by atoms with Crippen molar-refractivity contribution in [3.8, 4) is 0 Å². The fraction of sp³-hybridized carbons (Fsp3) is 1.00. The fourth-order valence-electron chi connectivity index (χ4n) is 10.3. The van der Waals surface area contributed by atoms with Crippen LogP contribution in [0.2, 0.25) is 0 Å². The molecule has 0 aromatic heterocycles. The lowest BCUT2D eigenvalue weighted by Gasteiger charge is -2.73. The van der Waals surface area contributed by atoms with E-state index in [0.29, 0.717) is 0 Å². The molecule has 0 nitrogen and oxygen atoms in total. The largest absolute Gasteiger partial charge is 0.118 e. The third kappa shape index (κ3) is 2.28. The quantitative estimate of drug-likeness (QED) is 0.371. The van der Waals surface area contributed by atoms with E-state index in [2.05, 4.69) is 6.92 Å². The van der Waals surface area contributed by atoms with Gasteiger partial charge in [-0.3, -0.25) is 0 Å². The van der Waals surface area contributed by atoms with Crippen molar-refractivity contribution in [3.63, 3.8) is 0 Å². The lowest BCUT2D eigenvalue weighted by molar-refractivity contribution is -0.195. The van der Waals surface area contributed by atoms with Gasteiger partial charge in [0.25, 0.3) is 0 Å². The molecule has 8 bridgehead atoms. The SMILES string of the molecule is CCCCPC1C2CC3CC(C2)CC1(C12CC4CC(CC(C4)C1)C2)C3. The smallest absolute Gasteiger partial charge is 0.0146 e. The molecule has 8 rings (SSSR count). The molecule has 0 saturated heterocycles. The number of hydrogen-bond acceptors (Lipinski definition) is 0. The number of rotatable bonds is 5. The maximum atomic E-state index is 2.40. The Labute approximate surface area is 157 Å². The zero-order chi connectivity index (χ0) is 16.6. The van der Waals surface area contributed by atoms with E-state index in [1.807, 2.05) is 0 Å². The highest BCUT2D eigenvalue weighted by molar-refractivity contribution is 7.39. The van der Waals surface area contributed by atoms with Gasteiger partial charge in [-0.2, -0.15) is 0 Å². The van der Waals surface area contributed by atoms with Crippen molar-refractivity contribution in [2.45, 2.75) is 96.1 Å². The maximum Gasteiger partial charge on any atom is -0.0146 e. The lowest BCUT2D eigenvalue weighted by atomic mass is 9.35. The topological polar surface area (TPSA) is 0 Å². The molecule has 25 heavy (non-hydrogen) atoms. The molecule has 0 amide bonds. The van der Waals surface area contributed by atoms with Crippen molar-refractivity contribution < 1.29 is 0 Å². The molecule has 140 valence electrons. The molecule has 0 spiro atoms. The second-order valence-electron chi connectivity index (χ2n) is 11.7. The van der Waals surface area contributed by atoms with Gasteiger partial charge in [-0.05, 0) is 135 Å². The summed E-state index contributed by atoms with van der Waals surface area (Å²) in [6.07, 6.45) is 22.7. The Morgan fingerprint density at radius 3 is 1.76 bits per heavy atom. The van der Waals surface area contributed by atoms with Gasteiger partial charge in [-0.25, -0.2) is 0 Å². The summed E-state index contributed by atoms with van der Waals surface area (Å²) in [7, 11) is 1.32. The van der Waals surface area contributed by atoms with Gasteiger partial charge in [0.1, 0.15) is 0 Å². The minimum Gasteiger partial charge on any atom is -0.118 e. The minimum absolute atomic E-state index is 0.835. The highest BCUT2D eigenvalue weighted by Crippen LogP contribution is 2.76. The molecule has 0 aromatic carbocycles. The third-order valence-corrected chi connectivity index (χ3v) is 12.4. The Kier molecular flexibility index (Phi) is 3.75. The Hall–Kier alpha value is 0.430. The van der Waals surface area contributed by atoms with Crippen LogP contribution in [0.4, 0.5) is 0 Å². The Morgan fingerprint density at radius 1 is 0.720 bits per heavy atom. The van der Waals surface area contributed by atoms with Crippen molar-refractivity contribution in [1.82, 2.24) is 0 Å². The van der Waals surface area contributed by atoms with E-state index in [1.54, 1.807) is 76.8 Å². The highest BCUT2D eigenvalue weighted by atomic mass is 31.1. The molecule has 0 heterocycles. The number of hydrogen-bond donors (Lipinski definition) is 0. The second kappa shape index (κ2) is 5.72. The molecule has 8 saturated carbocycles. The van der Waals surface area contributed by atoms with Gasteiger partial charge in [-0.1, -0.05) is 13.3 Å². The summed E-state index contributed by atoms with van der Waals surface area (Å²) in [6.45, 7) is 2.40. The van der Waals surface area contributed by atoms with Crippen molar-refractivity contribution >= 4 is 8.58 Å². The summed E-state index contributed by atoms with van der Waals surface area (Å²) in [5.41, 5.74) is 2.84. The standard InChI is InChI=1S/C24H39P/c1-2-3-4-25-22-21-9-19-8-20(10-21)15-24(22,14-19)23-11-16-5-17(12-23)7-18(6-16)13-23/h16-22,25H,2-15H2,1H3. The first-order valence-electron chi connectivity index (χ1n) is 11.9. The van der Waals surface area contributed by atoms with E-state index >= 15 is 0 Å². The van der Waals surface area contributed by atoms with E-state index in [4.69, 9.17) is 0 Å². The molecule has 0 aliphatic heterocycles. The molecule has 4 atom stereocenters. The first-order chi connectivity index (χ1) is 12.2. The molecule has 0 N–H and O–H groups in total. The second-order valence-corrected chi connectivity index (χ2v) is 13.3. The lowest BCUT2D eigenvalue weighted by Crippen LogP contribution is -2.65. The normalized spacial score (nSPS) is 58.7. The molecule has 0 aromatic rings. The van der Waals surface area contributed by atoms with E-state index in [0.717, 1.165) is 46.3 Å². The Bertz CT molecular complexity index is 487. The van der Waals surface area contributed by atoms with Gasteiger partial charge in [0, 0.05) is 0 Å². The van der Waals surface area contributed by atoms with E-state index < -0.39 is 0 Å². The van der Waals surface area contributed by atoms with Gasteiger partial charge >= 0.3 is 0 Å². The molecule has 4 unspecified atom stereocenters. The van der Waals surface area contributed by atoms with Crippen LogP contribution in [0.1, 0.15) is 90.4 Å². The maximum absolute atomic E-state index is 2.40. The summed E-state index contributed by atoms with van der Waals surface area (Å²) in [5, 5.41) is 0. The summed E-state index contributed by atoms with van der Waals surface area (Å²) in [4.78, 5) is 0. The van der Waals surface area contributed by atoms with Crippen molar-refractivity contribution in [2.24, 2.45) is 46.3 Å². The molecular formula is C24H39P. The van der Waals surface area contributed by atoms with Gasteiger partial charge in [0.2, 0.25) is 0 Å². The summed E-state index contributed by atoms with van der Waals surface area (Å²) < 4.78 is 0. The summed E-state index contributed by atoms with van der Waals surface area (Å²) >= 11 is 0. The molecule has 8 aliphatic carbocycles. The predicted molar refractivity (Wildman–Crippen MR) is 108 cm³/mol. The van der Waals surface area contributed by atoms with Crippen LogP contribution in [0.3, 0.4) is 0 Å². The van der Waals surface area contributed by atoms with Crippen LogP contribution in [0.25, 0.3) is 0 Å². The highest BCUT2D eigenvalue weighted by Gasteiger charge is 2.67. The Balaban J connectivity index is 1.38. The van der Waals surface area contributed by atoms with Crippen molar-refractivity contribution in [2.75, 3.05) is 6.16 Å². The van der Waals surface area contributed by atoms with Crippen LogP contribution < -0.4 is 0 Å². The Morgan fingerprint density at radius 2 is 1.24 bits per heavy atom. The van der Waals surface area contributed by atoms with Crippen molar-refractivity contribution in [1.29, 1.82) is 0 Å². The van der Waals surface area contributed by atoms with E-state index in [-0.39, 0.29) is 0 Å².